The van der Waals surface area contributed by atoms with Crippen LogP contribution < -0.4 is 10.1 Å². The third-order valence-electron chi connectivity index (χ3n) is 1.96. The minimum Gasteiger partial charge on any atom is -0.479 e. The van der Waals surface area contributed by atoms with Gasteiger partial charge >= 0.3 is 0 Å². The van der Waals surface area contributed by atoms with Crippen LogP contribution in [-0.2, 0) is 0 Å². The molecule has 0 aliphatic rings. The zero-order valence-electron chi connectivity index (χ0n) is 9.12. The number of ether oxygens (including phenoxy) is 1. The Labute approximate surface area is 116 Å². The molecule has 0 bridgehead atoms. The number of nitrogens with one attached hydrogen (secondary N) is 1. The van der Waals surface area contributed by atoms with Crippen molar-refractivity contribution in [3.63, 3.8) is 0 Å². The maximum absolute atomic E-state index is 13.4. The molecule has 0 aliphatic heterocycles. The van der Waals surface area contributed by atoms with E-state index in [1.807, 2.05) is 0 Å². The molecule has 0 fully saturated rings. The molecule has 0 spiro atoms. The lowest BCUT2D eigenvalue weighted by Gasteiger charge is -2.07. The van der Waals surface area contributed by atoms with Gasteiger partial charge < -0.3 is 10.1 Å². The van der Waals surface area contributed by atoms with Crippen molar-refractivity contribution in [2.45, 2.75) is 0 Å². The number of hydrogen-bond acceptors (Lipinski definition) is 5. The van der Waals surface area contributed by atoms with Gasteiger partial charge in [-0.2, -0.15) is 0 Å². The van der Waals surface area contributed by atoms with Crippen LogP contribution in [-0.4, -0.2) is 22.1 Å². The Morgan fingerprint density at radius 2 is 2.17 bits per heavy atom. The first-order chi connectivity index (χ1) is 8.60. The summed E-state index contributed by atoms with van der Waals surface area (Å²) >= 11 is 8.86. The molecule has 94 valence electrons. The van der Waals surface area contributed by atoms with E-state index in [0.717, 1.165) is 0 Å². The van der Waals surface area contributed by atoms with Gasteiger partial charge in [0, 0.05) is 6.07 Å². The monoisotopic (exact) mass is 332 g/mol. The summed E-state index contributed by atoms with van der Waals surface area (Å²) in [4.78, 5) is 11.7. The minimum absolute atomic E-state index is 0.0678. The molecule has 8 heteroatoms. The van der Waals surface area contributed by atoms with E-state index in [9.17, 15) is 4.39 Å². The highest BCUT2D eigenvalue weighted by molar-refractivity contribution is 9.10. The van der Waals surface area contributed by atoms with Crippen molar-refractivity contribution in [2.24, 2.45) is 0 Å². The van der Waals surface area contributed by atoms with Crippen LogP contribution in [0.4, 0.5) is 15.9 Å². The molecule has 1 N–H and O–H groups in total. The van der Waals surface area contributed by atoms with Gasteiger partial charge in [-0.1, -0.05) is 11.6 Å². The van der Waals surface area contributed by atoms with E-state index in [4.69, 9.17) is 16.3 Å². The van der Waals surface area contributed by atoms with E-state index in [2.05, 4.69) is 36.2 Å². The zero-order valence-corrected chi connectivity index (χ0v) is 11.5. The van der Waals surface area contributed by atoms with Crippen LogP contribution in [0.1, 0.15) is 0 Å². The number of anilines is 2. The fourth-order valence-electron chi connectivity index (χ4n) is 1.21. The van der Waals surface area contributed by atoms with E-state index < -0.39 is 5.82 Å². The normalized spacial score (nSPS) is 10.2. The molecule has 0 saturated heterocycles. The molecule has 0 radical (unpaired) electrons. The number of halogens is 3. The van der Waals surface area contributed by atoms with Gasteiger partial charge in [0.05, 0.1) is 25.2 Å². The van der Waals surface area contributed by atoms with Crippen molar-refractivity contribution in [2.75, 3.05) is 12.4 Å². The summed E-state index contributed by atoms with van der Waals surface area (Å²) in [5, 5.41) is 3.11. The predicted molar refractivity (Wildman–Crippen MR) is 68.8 cm³/mol. The summed E-state index contributed by atoms with van der Waals surface area (Å²) in [5.74, 6) is -0.229. The highest BCUT2D eigenvalue weighted by Gasteiger charge is 2.08. The van der Waals surface area contributed by atoms with Gasteiger partial charge in [0.2, 0.25) is 5.88 Å². The summed E-state index contributed by atoms with van der Waals surface area (Å²) in [5.41, 5.74) is 0.422. The van der Waals surface area contributed by atoms with Gasteiger partial charge in [0.25, 0.3) is 0 Å². The molecule has 0 aliphatic carbocycles. The fraction of sp³-hybridized carbons (Fsp3) is 0.100. The van der Waals surface area contributed by atoms with Crippen LogP contribution in [0.15, 0.2) is 23.1 Å². The maximum atomic E-state index is 13.4. The molecule has 2 heterocycles. The van der Waals surface area contributed by atoms with Crippen molar-refractivity contribution in [3.05, 3.63) is 34.0 Å². The summed E-state index contributed by atoms with van der Waals surface area (Å²) in [7, 11) is 1.35. The lowest BCUT2D eigenvalue weighted by atomic mass is 10.4. The van der Waals surface area contributed by atoms with Crippen LogP contribution in [0.5, 0.6) is 5.88 Å². The van der Waals surface area contributed by atoms with Crippen molar-refractivity contribution in [3.8, 4) is 5.88 Å². The van der Waals surface area contributed by atoms with E-state index in [1.165, 1.54) is 25.6 Å². The zero-order chi connectivity index (χ0) is 13.1. The lowest BCUT2D eigenvalue weighted by molar-refractivity contribution is 0.369. The number of nitrogens with zero attached hydrogens (tertiary/aromatic N) is 3. The number of rotatable bonds is 3. The largest absolute Gasteiger partial charge is 0.479 e. The lowest BCUT2D eigenvalue weighted by Crippen LogP contribution is -1.99. The molecule has 2 aromatic heterocycles. The number of aromatic nitrogens is 3. The minimum atomic E-state index is -0.569. The Balaban J connectivity index is 2.26. The van der Waals surface area contributed by atoms with E-state index >= 15 is 0 Å². The van der Waals surface area contributed by atoms with Crippen molar-refractivity contribution in [1.29, 1.82) is 0 Å². The van der Waals surface area contributed by atoms with Crippen LogP contribution in [0.2, 0.25) is 5.15 Å². The second kappa shape index (κ2) is 5.45. The van der Waals surface area contributed by atoms with Crippen molar-refractivity contribution < 1.29 is 9.13 Å². The Kier molecular flexibility index (Phi) is 3.93. The molecule has 5 nitrogen and oxygen atoms in total. The van der Waals surface area contributed by atoms with E-state index in [-0.39, 0.29) is 11.0 Å². The molecule has 2 aromatic rings. The Bertz CT molecular complexity index is 584. The second-order valence-corrected chi connectivity index (χ2v) is 4.31. The Morgan fingerprint density at radius 1 is 1.39 bits per heavy atom. The standard InChI is InChI=1S/C10H7BrClFN4O/c1-18-10-6(13)2-5(3-15-10)16-9-8(11)17-7(12)4-14-9/h2-4H,1H3,(H,14,16). The Morgan fingerprint density at radius 3 is 2.78 bits per heavy atom. The molecule has 2 rings (SSSR count). The first kappa shape index (κ1) is 13.0. The molecule has 0 saturated carbocycles. The first-order valence-electron chi connectivity index (χ1n) is 4.74. The van der Waals surface area contributed by atoms with Gasteiger partial charge in [-0.15, -0.1) is 0 Å². The average molecular weight is 334 g/mol. The molecule has 18 heavy (non-hydrogen) atoms. The smallest absolute Gasteiger partial charge is 0.250 e. The molecule has 0 unspecified atom stereocenters. The quantitative estimate of drug-likeness (QED) is 0.935. The SMILES string of the molecule is COc1ncc(Nc2ncc(Cl)nc2Br)cc1F. The number of pyridine rings is 1. The molecular formula is C10H7BrClFN4O. The van der Waals surface area contributed by atoms with Gasteiger partial charge in [0.1, 0.15) is 9.76 Å². The van der Waals surface area contributed by atoms with Crippen LogP contribution in [0, 0.1) is 5.82 Å². The third kappa shape index (κ3) is 2.85. The van der Waals surface area contributed by atoms with Crippen LogP contribution >= 0.6 is 27.5 Å². The summed E-state index contributed by atoms with van der Waals surface area (Å²) in [6, 6.07) is 1.24. The van der Waals surface area contributed by atoms with Crippen molar-refractivity contribution in [1.82, 2.24) is 15.0 Å². The molecule has 0 atom stereocenters. The molecule has 0 aromatic carbocycles. The number of methoxy groups -OCH3 is 1. The average Bonchev–Trinajstić information content (AvgIpc) is 2.33. The first-order valence-corrected chi connectivity index (χ1v) is 5.92. The summed E-state index contributed by atoms with van der Waals surface area (Å²) < 4.78 is 18.6. The molecule has 0 amide bonds. The predicted octanol–water partition coefficient (Wildman–Crippen LogP) is 3.18. The highest BCUT2D eigenvalue weighted by Crippen LogP contribution is 2.24. The van der Waals surface area contributed by atoms with Gasteiger partial charge in [-0.3, -0.25) is 0 Å². The van der Waals surface area contributed by atoms with E-state index in [1.54, 1.807) is 0 Å². The topological polar surface area (TPSA) is 59.9 Å². The van der Waals surface area contributed by atoms with Gasteiger partial charge in [0.15, 0.2) is 11.6 Å². The third-order valence-corrected chi connectivity index (χ3v) is 2.70. The summed E-state index contributed by atoms with van der Waals surface area (Å²) in [6.45, 7) is 0. The number of hydrogen-bond donors (Lipinski definition) is 1. The van der Waals surface area contributed by atoms with Gasteiger partial charge in [-0.25, -0.2) is 19.3 Å². The van der Waals surface area contributed by atoms with Gasteiger partial charge in [-0.05, 0) is 15.9 Å². The molecular weight excluding hydrogens is 326 g/mol. The fourth-order valence-corrected chi connectivity index (χ4v) is 1.84. The highest BCUT2D eigenvalue weighted by atomic mass is 79.9. The van der Waals surface area contributed by atoms with Crippen LogP contribution in [0.3, 0.4) is 0 Å². The summed E-state index contributed by atoms with van der Waals surface area (Å²) in [6.07, 6.45) is 2.80. The van der Waals surface area contributed by atoms with Crippen LogP contribution in [0.25, 0.3) is 0 Å². The Hall–Kier alpha value is -1.47. The van der Waals surface area contributed by atoms with E-state index in [0.29, 0.717) is 16.1 Å². The van der Waals surface area contributed by atoms with Crippen molar-refractivity contribution >= 4 is 39.0 Å². The second-order valence-electron chi connectivity index (χ2n) is 3.17. The maximum Gasteiger partial charge on any atom is 0.250 e.